The summed E-state index contributed by atoms with van der Waals surface area (Å²) in [5, 5.41) is 17.8. The average molecular weight is 267 g/mol. The van der Waals surface area contributed by atoms with Crippen LogP contribution in [0.15, 0.2) is 4.79 Å². The Kier molecular flexibility index (Phi) is 5.69. The molecule has 0 spiro atoms. The Balaban J connectivity index is 2.79. The number of carbonyl (C=O) groups is 1. The number of aliphatic hydroxyl groups is 1. The fraction of sp³-hybridized carbons (Fsp3) is 0.615. The van der Waals surface area contributed by atoms with Gasteiger partial charge in [-0.2, -0.15) is 5.10 Å². The van der Waals surface area contributed by atoms with Crippen LogP contribution in [0.2, 0.25) is 0 Å². The van der Waals surface area contributed by atoms with Gasteiger partial charge in [0.15, 0.2) is 0 Å². The van der Waals surface area contributed by atoms with Crippen LogP contribution in [-0.4, -0.2) is 34.4 Å². The summed E-state index contributed by atoms with van der Waals surface area (Å²) in [5.74, 6) is -0.170. The van der Waals surface area contributed by atoms with Gasteiger partial charge in [0.05, 0.1) is 5.69 Å². The fourth-order valence-corrected chi connectivity index (χ4v) is 1.86. The second kappa shape index (κ2) is 7.04. The van der Waals surface area contributed by atoms with Crippen LogP contribution in [0.4, 0.5) is 0 Å². The minimum atomic E-state index is -0.476. The third-order valence-electron chi connectivity index (χ3n) is 3.36. The van der Waals surface area contributed by atoms with Gasteiger partial charge in [-0.3, -0.25) is 9.59 Å². The predicted molar refractivity (Wildman–Crippen MR) is 72.1 cm³/mol. The number of aromatic nitrogens is 2. The van der Waals surface area contributed by atoms with Crippen molar-refractivity contribution < 1.29 is 9.90 Å². The summed E-state index contributed by atoms with van der Waals surface area (Å²) in [4.78, 5) is 23.7. The van der Waals surface area contributed by atoms with Gasteiger partial charge in [0.1, 0.15) is 5.56 Å². The van der Waals surface area contributed by atoms with E-state index < -0.39 is 5.56 Å². The Morgan fingerprint density at radius 1 is 1.47 bits per heavy atom. The zero-order valence-electron chi connectivity index (χ0n) is 11.6. The standard InChI is InChI=1S/C13H21N3O3/c1-4-10(5-6-17)7-14-12(18)11-8(2)9(3)15-16-13(11)19/h10,17H,4-7H2,1-3H3,(H,14,18)(H,16,19). The lowest BCUT2D eigenvalue weighted by Gasteiger charge is -2.14. The molecule has 1 aromatic rings. The van der Waals surface area contributed by atoms with Crippen LogP contribution in [0.3, 0.4) is 0 Å². The summed E-state index contributed by atoms with van der Waals surface area (Å²) >= 11 is 0. The zero-order valence-corrected chi connectivity index (χ0v) is 11.6. The highest BCUT2D eigenvalue weighted by Crippen LogP contribution is 2.08. The molecule has 0 aliphatic carbocycles. The fourth-order valence-electron chi connectivity index (χ4n) is 1.86. The maximum absolute atomic E-state index is 12.0. The summed E-state index contributed by atoms with van der Waals surface area (Å²) in [6.07, 6.45) is 1.51. The highest BCUT2D eigenvalue weighted by Gasteiger charge is 2.17. The van der Waals surface area contributed by atoms with Crippen LogP contribution in [-0.2, 0) is 0 Å². The van der Waals surface area contributed by atoms with Gasteiger partial charge in [0, 0.05) is 13.2 Å². The van der Waals surface area contributed by atoms with E-state index >= 15 is 0 Å². The van der Waals surface area contributed by atoms with Crippen molar-refractivity contribution in [1.29, 1.82) is 0 Å². The molecule has 1 amide bonds. The van der Waals surface area contributed by atoms with E-state index in [1.807, 2.05) is 6.92 Å². The van der Waals surface area contributed by atoms with Crippen LogP contribution < -0.4 is 10.9 Å². The molecule has 0 fully saturated rings. The number of H-pyrrole nitrogens is 1. The molecule has 0 aliphatic heterocycles. The van der Waals surface area contributed by atoms with Crippen molar-refractivity contribution in [2.45, 2.75) is 33.6 Å². The van der Waals surface area contributed by atoms with Gasteiger partial charge in [-0.15, -0.1) is 0 Å². The first-order valence-corrected chi connectivity index (χ1v) is 6.46. The van der Waals surface area contributed by atoms with Crippen LogP contribution >= 0.6 is 0 Å². The van der Waals surface area contributed by atoms with E-state index in [4.69, 9.17) is 5.11 Å². The number of nitrogens with one attached hydrogen (secondary N) is 2. The number of aryl methyl sites for hydroxylation is 1. The molecule has 0 saturated carbocycles. The van der Waals surface area contributed by atoms with Gasteiger partial charge in [-0.05, 0) is 31.7 Å². The monoisotopic (exact) mass is 267 g/mol. The van der Waals surface area contributed by atoms with Crippen molar-refractivity contribution in [3.63, 3.8) is 0 Å². The molecule has 106 valence electrons. The molecule has 0 aromatic carbocycles. The maximum atomic E-state index is 12.0. The number of aromatic amines is 1. The number of rotatable bonds is 6. The lowest BCUT2D eigenvalue weighted by atomic mass is 10.0. The Morgan fingerprint density at radius 3 is 2.74 bits per heavy atom. The molecule has 1 unspecified atom stereocenters. The van der Waals surface area contributed by atoms with Gasteiger partial charge >= 0.3 is 0 Å². The second-order valence-corrected chi connectivity index (χ2v) is 4.63. The van der Waals surface area contributed by atoms with Gasteiger partial charge in [-0.1, -0.05) is 13.3 Å². The zero-order chi connectivity index (χ0) is 14.4. The molecule has 6 heteroatoms. The molecule has 6 nitrogen and oxygen atoms in total. The minimum Gasteiger partial charge on any atom is -0.396 e. The van der Waals surface area contributed by atoms with Gasteiger partial charge in [-0.25, -0.2) is 5.10 Å². The molecule has 1 atom stereocenters. The van der Waals surface area contributed by atoms with Crippen LogP contribution in [0, 0.1) is 19.8 Å². The summed E-state index contributed by atoms with van der Waals surface area (Å²) in [7, 11) is 0. The van der Waals surface area contributed by atoms with Crippen molar-refractivity contribution in [3.05, 3.63) is 27.2 Å². The quantitative estimate of drug-likeness (QED) is 0.700. The Bertz CT molecular complexity index is 496. The molecule has 3 N–H and O–H groups in total. The normalized spacial score (nSPS) is 12.2. The molecular formula is C13H21N3O3. The number of nitrogens with zero attached hydrogens (tertiary/aromatic N) is 1. The van der Waals surface area contributed by atoms with E-state index in [1.165, 1.54) is 0 Å². The summed E-state index contributed by atoms with van der Waals surface area (Å²) in [6.45, 7) is 6.00. The van der Waals surface area contributed by atoms with Gasteiger partial charge < -0.3 is 10.4 Å². The first-order valence-electron chi connectivity index (χ1n) is 6.46. The molecule has 1 aromatic heterocycles. The van der Waals surface area contributed by atoms with E-state index in [0.717, 1.165) is 6.42 Å². The van der Waals surface area contributed by atoms with E-state index in [9.17, 15) is 9.59 Å². The molecular weight excluding hydrogens is 246 g/mol. The van der Waals surface area contributed by atoms with Gasteiger partial charge in [0.2, 0.25) is 0 Å². The first kappa shape index (κ1) is 15.4. The number of amides is 1. The minimum absolute atomic E-state index is 0.0996. The lowest BCUT2D eigenvalue weighted by Crippen LogP contribution is -2.34. The van der Waals surface area contributed by atoms with Crippen molar-refractivity contribution in [3.8, 4) is 0 Å². The van der Waals surface area contributed by atoms with E-state index in [0.29, 0.717) is 24.2 Å². The highest BCUT2D eigenvalue weighted by atomic mass is 16.3. The Labute approximate surface area is 112 Å². The SMILES string of the molecule is CCC(CCO)CNC(=O)c1c(C)c(C)n[nH]c1=O. The van der Waals surface area contributed by atoms with Crippen molar-refractivity contribution in [2.75, 3.05) is 13.2 Å². The maximum Gasteiger partial charge on any atom is 0.277 e. The third kappa shape index (κ3) is 3.89. The number of hydrogen-bond donors (Lipinski definition) is 3. The molecule has 1 heterocycles. The Morgan fingerprint density at radius 2 is 2.16 bits per heavy atom. The first-order chi connectivity index (χ1) is 9.01. The molecule has 0 aliphatic rings. The summed E-state index contributed by atoms with van der Waals surface area (Å²) < 4.78 is 0. The summed E-state index contributed by atoms with van der Waals surface area (Å²) in [6, 6.07) is 0. The predicted octanol–water partition coefficient (Wildman–Crippen LogP) is 0.525. The van der Waals surface area contributed by atoms with Crippen LogP contribution in [0.1, 0.15) is 41.4 Å². The largest absolute Gasteiger partial charge is 0.396 e. The average Bonchev–Trinajstić information content (AvgIpc) is 2.39. The van der Waals surface area contributed by atoms with Crippen molar-refractivity contribution in [1.82, 2.24) is 15.5 Å². The third-order valence-corrected chi connectivity index (χ3v) is 3.36. The molecule has 0 radical (unpaired) electrons. The van der Waals surface area contributed by atoms with Crippen molar-refractivity contribution in [2.24, 2.45) is 5.92 Å². The Hall–Kier alpha value is -1.69. The van der Waals surface area contributed by atoms with E-state index in [-0.39, 0.29) is 24.0 Å². The molecule has 0 saturated heterocycles. The van der Waals surface area contributed by atoms with Crippen LogP contribution in [0.25, 0.3) is 0 Å². The molecule has 19 heavy (non-hydrogen) atoms. The number of aliphatic hydroxyl groups excluding tert-OH is 1. The smallest absolute Gasteiger partial charge is 0.277 e. The number of carbonyl (C=O) groups excluding carboxylic acids is 1. The number of hydrogen-bond acceptors (Lipinski definition) is 4. The summed E-state index contributed by atoms with van der Waals surface area (Å²) in [5.41, 5.74) is 0.866. The van der Waals surface area contributed by atoms with E-state index in [2.05, 4.69) is 15.5 Å². The second-order valence-electron chi connectivity index (χ2n) is 4.63. The highest BCUT2D eigenvalue weighted by molar-refractivity contribution is 5.95. The topological polar surface area (TPSA) is 95.1 Å². The lowest BCUT2D eigenvalue weighted by molar-refractivity contribution is 0.0941. The van der Waals surface area contributed by atoms with Gasteiger partial charge in [0.25, 0.3) is 11.5 Å². The molecule has 0 bridgehead atoms. The van der Waals surface area contributed by atoms with E-state index in [1.54, 1.807) is 13.8 Å². The van der Waals surface area contributed by atoms with Crippen LogP contribution in [0.5, 0.6) is 0 Å². The molecule has 1 rings (SSSR count). The van der Waals surface area contributed by atoms with Crippen molar-refractivity contribution >= 4 is 5.91 Å².